The van der Waals surface area contributed by atoms with E-state index in [9.17, 15) is 4.79 Å². The Balaban J connectivity index is 1.72. The van der Waals surface area contributed by atoms with Crippen molar-refractivity contribution >= 4 is 68.1 Å². The quantitative estimate of drug-likeness (QED) is 0.277. The number of nitrogens with zero attached hydrogens (tertiary/aromatic N) is 3. The number of rotatable bonds is 7. The SMILES string of the molecule is O=C(O)CCCc1cnc2c3sccc3nc(SCc3c(Cl)cccc3Cl)n12. The number of halogens is 2. The number of aliphatic carboxylic acids is 1. The smallest absolute Gasteiger partial charge is 0.303 e. The Kier molecular flexibility index (Phi) is 5.78. The minimum absolute atomic E-state index is 0.125. The van der Waals surface area contributed by atoms with Gasteiger partial charge >= 0.3 is 5.97 Å². The summed E-state index contributed by atoms with van der Waals surface area (Å²) in [6, 6.07) is 7.44. The Morgan fingerprint density at radius 3 is 2.79 bits per heavy atom. The molecule has 3 heterocycles. The molecule has 3 aromatic heterocycles. The molecular formula is C19H15Cl2N3O2S2. The fourth-order valence-corrected chi connectivity index (χ4v) is 5.56. The van der Waals surface area contributed by atoms with Gasteiger partial charge in [-0.3, -0.25) is 9.20 Å². The van der Waals surface area contributed by atoms with E-state index in [4.69, 9.17) is 33.3 Å². The standard InChI is InChI=1S/C19H15Cl2N3O2S2/c20-13-4-2-5-14(21)12(13)10-28-19-23-15-7-8-27-17(15)18-22-9-11(24(18)19)3-1-6-16(25)26/h2,4-5,7-9H,1,3,6,10H2,(H,25,26). The second-order valence-corrected chi connectivity index (χ2v) is 8.85. The summed E-state index contributed by atoms with van der Waals surface area (Å²) < 4.78 is 3.04. The van der Waals surface area contributed by atoms with Crippen LogP contribution >= 0.6 is 46.3 Å². The maximum absolute atomic E-state index is 10.9. The van der Waals surface area contributed by atoms with Crippen molar-refractivity contribution in [1.29, 1.82) is 0 Å². The first-order valence-corrected chi connectivity index (χ1v) is 11.2. The first kappa shape index (κ1) is 19.5. The lowest BCUT2D eigenvalue weighted by molar-refractivity contribution is -0.137. The summed E-state index contributed by atoms with van der Waals surface area (Å²) in [5.74, 6) is -0.223. The van der Waals surface area contributed by atoms with E-state index in [2.05, 4.69) is 4.98 Å². The van der Waals surface area contributed by atoms with E-state index in [1.807, 2.05) is 40.2 Å². The fraction of sp³-hybridized carbons (Fsp3) is 0.211. The largest absolute Gasteiger partial charge is 0.481 e. The topological polar surface area (TPSA) is 67.5 Å². The van der Waals surface area contributed by atoms with Crippen LogP contribution in [0.15, 0.2) is 41.0 Å². The molecule has 1 aromatic carbocycles. The van der Waals surface area contributed by atoms with Crippen LogP contribution in [0.4, 0.5) is 0 Å². The summed E-state index contributed by atoms with van der Waals surface area (Å²) in [5, 5.41) is 13.0. The summed E-state index contributed by atoms with van der Waals surface area (Å²) in [6.45, 7) is 0. The van der Waals surface area contributed by atoms with Gasteiger partial charge in [-0.2, -0.15) is 0 Å². The number of carbonyl (C=O) groups is 1. The molecule has 1 N–H and O–H groups in total. The summed E-state index contributed by atoms with van der Waals surface area (Å²) >= 11 is 15.8. The van der Waals surface area contributed by atoms with Gasteiger partial charge in [0, 0.05) is 34.1 Å². The highest BCUT2D eigenvalue weighted by Gasteiger charge is 2.16. The zero-order valence-electron chi connectivity index (χ0n) is 14.6. The monoisotopic (exact) mass is 451 g/mol. The van der Waals surface area contributed by atoms with Gasteiger partial charge in [-0.05, 0) is 42.0 Å². The van der Waals surface area contributed by atoms with Crippen LogP contribution in [0.2, 0.25) is 10.0 Å². The third-order valence-electron chi connectivity index (χ3n) is 4.32. The number of hydrogen-bond donors (Lipinski definition) is 1. The van der Waals surface area contributed by atoms with Crippen molar-refractivity contribution in [3.05, 3.63) is 57.1 Å². The van der Waals surface area contributed by atoms with Crippen LogP contribution in [0, 0.1) is 0 Å². The van der Waals surface area contributed by atoms with E-state index in [0.717, 1.165) is 32.3 Å². The van der Waals surface area contributed by atoms with E-state index in [1.54, 1.807) is 11.3 Å². The van der Waals surface area contributed by atoms with Gasteiger partial charge in [-0.15, -0.1) is 11.3 Å². The van der Waals surface area contributed by atoms with Crippen molar-refractivity contribution < 1.29 is 9.90 Å². The van der Waals surface area contributed by atoms with E-state index >= 15 is 0 Å². The zero-order chi connectivity index (χ0) is 19.7. The molecule has 0 amide bonds. The number of aryl methyl sites for hydroxylation is 1. The molecular weight excluding hydrogens is 437 g/mol. The number of thioether (sulfide) groups is 1. The molecule has 4 aromatic rings. The summed E-state index contributed by atoms with van der Waals surface area (Å²) in [4.78, 5) is 20.3. The van der Waals surface area contributed by atoms with Crippen LogP contribution in [-0.4, -0.2) is 25.4 Å². The van der Waals surface area contributed by atoms with Crippen molar-refractivity contribution in [2.24, 2.45) is 0 Å². The van der Waals surface area contributed by atoms with Crippen molar-refractivity contribution in [1.82, 2.24) is 14.4 Å². The molecule has 0 saturated heterocycles. The predicted octanol–water partition coefficient (Wildman–Crippen LogP) is 5.95. The molecule has 0 fully saturated rings. The van der Waals surface area contributed by atoms with Gasteiger partial charge in [0.2, 0.25) is 0 Å². The number of hydrogen-bond acceptors (Lipinski definition) is 5. The molecule has 0 aliphatic rings. The average molecular weight is 452 g/mol. The van der Waals surface area contributed by atoms with E-state index in [0.29, 0.717) is 28.6 Å². The molecule has 0 unspecified atom stereocenters. The molecule has 0 saturated carbocycles. The third-order valence-corrected chi connectivity index (χ3v) is 6.89. The van der Waals surface area contributed by atoms with E-state index in [-0.39, 0.29) is 6.42 Å². The first-order valence-electron chi connectivity index (χ1n) is 8.55. The minimum Gasteiger partial charge on any atom is -0.481 e. The molecule has 144 valence electrons. The van der Waals surface area contributed by atoms with Crippen LogP contribution in [0.3, 0.4) is 0 Å². The van der Waals surface area contributed by atoms with Crippen molar-refractivity contribution in [3.8, 4) is 0 Å². The normalized spacial score (nSPS) is 11.5. The molecule has 9 heteroatoms. The highest BCUT2D eigenvalue weighted by Crippen LogP contribution is 2.34. The van der Waals surface area contributed by atoms with Gasteiger partial charge in [0.1, 0.15) is 0 Å². The molecule has 0 radical (unpaired) electrons. The van der Waals surface area contributed by atoms with Gasteiger partial charge in [-0.25, -0.2) is 9.97 Å². The lowest BCUT2D eigenvalue weighted by Gasteiger charge is -2.10. The van der Waals surface area contributed by atoms with Crippen LogP contribution < -0.4 is 0 Å². The third kappa shape index (κ3) is 3.85. The maximum atomic E-state index is 10.9. The van der Waals surface area contributed by atoms with Gasteiger partial charge in [0.25, 0.3) is 0 Å². The predicted molar refractivity (Wildman–Crippen MR) is 115 cm³/mol. The number of carboxylic acid groups (broad SMARTS) is 1. The van der Waals surface area contributed by atoms with Gasteiger partial charge in [0.05, 0.1) is 10.2 Å². The Morgan fingerprint density at radius 1 is 1.25 bits per heavy atom. The second-order valence-electron chi connectivity index (χ2n) is 6.17. The Hall–Kier alpha value is -1.80. The Labute approximate surface area is 179 Å². The highest BCUT2D eigenvalue weighted by atomic mass is 35.5. The summed E-state index contributed by atoms with van der Waals surface area (Å²) in [5.41, 5.74) is 3.56. The van der Waals surface area contributed by atoms with Crippen LogP contribution in [0.5, 0.6) is 0 Å². The molecule has 4 rings (SSSR count). The number of carboxylic acids is 1. The lowest BCUT2D eigenvalue weighted by Crippen LogP contribution is -2.02. The van der Waals surface area contributed by atoms with E-state index in [1.165, 1.54) is 11.8 Å². The number of imidazole rings is 1. The fourth-order valence-electron chi connectivity index (χ4n) is 2.97. The van der Waals surface area contributed by atoms with Crippen LogP contribution in [-0.2, 0) is 17.0 Å². The highest BCUT2D eigenvalue weighted by molar-refractivity contribution is 7.98. The zero-order valence-corrected chi connectivity index (χ0v) is 17.7. The molecule has 0 atom stereocenters. The van der Waals surface area contributed by atoms with Gasteiger partial charge in [-0.1, -0.05) is 41.0 Å². The number of benzene rings is 1. The maximum Gasteiger partial charge on any atom is 0.303 e. The molecule has 0 aliphatic heterocycles. The van der Waals surface area contributed by atoms with Crippen molar-refractivity contribution in [3.63, 3.8) is 0 Å². The van der Waals surface area contributed by atoms with Gasteiger partial charge < -0.3 is 5.11 Å². The molecule has 0 aliphatic carbocycles. The first-order chi connectivity index (χ1) is 13.5. The van der Waals surface area contributed by atoms with Crippen LogP contribution in [0.25, 0.3) is 15.9 Å². The summed E-state index contributed by atoms with van der Waals surface area (Å²) in [7, 11) is 0. The lowest BCUT2D eigenvalue weighted by atomic mass is 10.2. The summed E-state index contributed by atoms with van der Waals surface area (Å²) in [6.07, 6.45) is 3.10. The number of fused-ring (bicyclic) bond motifs is 3. The van der Waals surface area contributed by atoms with Crippen molar-refractivity contribution in [2.75, 3.05) is 0 Å². The van der Waals surface area contributed by atoms with E-state index < -0.39 is 5.97 Å². The number of aromatic nitrogens is 3. The second kappa shape index (κ2) is 8.29. The Morgan fingerprint density at radius 2 is 2.04 bits per heavy atom. The number of thiophene rings is 1. The Bertz CT molecular complexity index is 1150. The minimum atomic E-state index is -0.796. The molecule has 28 heavy (non-hydrogen) atoms. The molecule has 5 nitrogen and oxygen atoms in total. The molecule has 0 bridgehead atoms. The van der Waals surface area contributed by atoms with Crippen molar-refractivity contribution in [2.45, 2.75) is 30.2 Å². The molecule has 0 spiro atoms. The average Bonchev–Trinajstić information content (AvgIpc) is 3.27. The van der Waals surface area contributed by atoms with Crippen LogP contribution in [0.1, 0.15) is 24.1 Å². The van der Waals surface area contributed by atoms with Gasteiger partial charge in [0.15, 0.2) is 10.8 Å².